The van der Waals surface area contributed by atoms with E-state index in [1.54, 1.807) is 0 Å². The van der Waals surface area contributed by atoms with E-state index in [0.717, 1.165) is 19.5 Å². The molecule has 0 bridgehead atoms. The molecule has 0 aliphatic carbocycles. The van der Waals surface area contributed by atoms with E-state index in [-0.39, 0.29) is 0 Å². The third-order valence-electron chi connectivity index (χ3n) is 2.45. The summed E-state index contributed by atoms with van der Waals surface area (Å²) in [5.41, 5.74) is 2.42. The zero-order chi connectivity index (χ0) is 9.80. The number of nitrogens with one attached hydrogen (secondary N) is 1. The van der Waals surface area contributed by atoms with Crippen molar-refractivity contribution in [2.24, 2.45) is 0 Å². The number of anilines is 2. The Hall–Kier alpha value is -1.62. The van der Waals surface area contributed by atoms with Crippen molar-refractivity contribution >= 4 is 11.4 Å². The van der Waals surface area contributed by atoms with Crippen LogP contribution in [0.1, 0.15) is 6.42 Å². The minimum atomic E-state index is 0.693. The van der Waals surface area contributed by atoms with Crippen LogP contribution in [0.3, 0.4) is 0 Å². The van der Waals surface area contributed by atoms with Gasteiger partial charge in [0.15, 0.2) is 0 Å². The average molecular weight is 186 g/mol. The van der Waals surface area contributed by atoms with Crippen molar-refractivity contribution in [2.75, 3.05) is 29.9 Å². The Kier molecular flexibility index (Phi) is 2.60. The van der Waals surface area contributed by atoms with E-state index in [4.69, 9.17) is 6.42 Å². The topological polar surface area (TPSA) is 15.3 Å². The molecule has 1 aliphatic heterocycles. The zero-order valence-electron chi connectivity index (χ0n) is 8.16. The number of rotatable bonds is 1. The molecule has 1 N–H and O–H groups in total. The second-order valence-electron chi connectivity index (χ2n) is 3.42. The van der Waals surface area contributed by atoms with Crippen molar-refractivity contribution in [1.29, 1.82) is 0 Å². The Morgan fingerprint density at radius 2 is 2.29 bits per heavy atom. The summed E-state index contributed by atoms with van der Waals surface area (Å²) in [6, 6.07) is 8.32. The molecule has 2 nitrogen and oxygen atoms in total. The average Bonchev–Trinajstić information content (AvgIpc) is 2.42. The van der Waals surface area contributed by atoms with E-state index in [1.807, 2.05) is 6.07 Å². The monoisotopic (exact) mass is 186 g/mol. The summed E-state index contributed by atoms with van der Waals surface area (Å²) in [4.78, 5) is 2.25. The normalized spacial score (nSPS) is 14.9. The summed E-state index contributed by atoms with van der Waals surface area (Å²) in [5.74, 6) is 2.70. The lowest BCUT2D eigenvalue weighted by Gasteiger charge is -2.21. The number of hydrogen-bond donors (Lipinski definition) is 1. The molecule has 0 aromatic heterocycles. The molecule has 2 rings (SSSR count). The molecule has 0 unspecified atom stereocenters. The smallest absolute Gasteiger partial charge is 0.0792 e. The van der Waals surface area contributed by atoms with Crippen LogP contribution in [0.5, 0.6) is 0 Å². The lowest BCUT2D eigenvalue weighted by molar-refractivity contribution is 0.813. The molecule has 0 radical (unpaired) electrons. The molecule has 72 valence electrons. The molecule has 1 aromatic rings. The van der Waals surface area contributed by atoms with E-state index in [1.165, 1.54) is 11.4 Å². The van der Waals surface area contributed by atoms with Gasteiger partial charge in [-0.2, -0.15) is 0 Å². The summed E-state index contributed by atoms with van der Waals surface area (Å²) in [5, 5.41) is 3.40. The lowest BCUT2D eigenvalue weighted by Crippen LogP contribution is -2.23. The fraction of sp³-hybridized carbons (Fsp3) is 0.333. The lowest BCUT2D eigenvalue weighted by atomic mass is 10.2. The van der Waals surface area contributed by atoms with Gasteiger partial charge in [-0.1, -0.05) is 18.1 Å². The highest BCUT2D eigenvalue weighted by Gasteiger charge is 2.12. The Morgan fingerprint density at radius 1 is 1.43 bits per heavy atom. The van der Waals surface area contributed by atoms with Gasteiger partial charge in [0.1, 0.15) is 0 Å². The predicted molar refractivity (Wildman–Crippen MR) is 60.6 cm³/mol. The van der Waals surface area contributed by atoms with Gasteiger partial charge in [0.05, 0.1) is 17.9 Å². The zero-order valence-corrected chi connectivity index (χ0v) is 8.16. The first kappa shape index (κ1) is 8.96. The molecule has 0 saturated carbocycles. The van der Waals surface area contributed by atoms with Crippen molar-refractivity contribution in [3.63, 3.8) is 0 Å². The van der Waals surface area contributed by atoms with Crippen LogP contribution in [0.2, 0.25) is 0 Å². The second kappa shape index (κ2) is 4.06. The number of para-hydroxylation sites is 2. The number of fused-ring (bicyclic) bond motifs is 1. The molecule has 14 heavy (non-hydrogen) atoms. The van der Waals surface area contributed by atoms with Crippen LogP contribution < -0.4 is 10.2 Å². The quantitative estimate of drug-likeness (QED) is 0.674. The van der Waals surface area contributed by atoms with Gasteiger partial charge in [0.25, 0.3) is 0 Å². The Bertz CT molecular complexity index is 352. The van der Waals surface area contributed by atoms with Gasteiger partial charge in [-0.15, -0.1) is 6.42 Å². The molecule has 0 atom stereocenters. The number of hydrogen-bond acceptors (Lipinski definition) is 2. The van der Waals surface area contributed by atoms with Gasteiger partial charge in [-0.3, -0.25) is 0 Å². The fourth-order valence-corrected chi connectivity index (χ4v) is 1.79. The second-order valence-corrected chi connectivity index (χ2v) is 3.42. The van der Waals surface area contributed by atoms with Gasteiger partial charge < -0.3 is 10.2 Å². The van der Waals surface area contributed by atoms with Crippen molar-refractivity contribution in [2.45, 2.75) is 6.42 Å². The first-order chi connectivity index (χ1) is 6.92. The van der Waals surface area contributed by atoms with E-state index in [0.29, 0.717) is 6.54 Å². The number of terminal acetylenes is 1. The van der Waals surface area contributed by atoms with Crippen molar-refractivity contribution in [1.82, 2.24) is 0 Å². The molecule has 0 saturated heterocycles. The maximum Gasteiger partial charge on any atom is 0.0792 e. The third kappa shape index (κ3) is 1.67. The van der Waals surface area contributed by atoms with Crippen molar-refractivity contribution in [3.8, 4) is 12.3 Å². The summed E-state index contributed by atoms with van der Waals surface area (Å²) in [7, 11) is 0. The van der Waals surface area contributed by atoms with Crippen LogP contribution in [0.25, 0.3) is 0 Å². The van der Waals surface area contributed by atoms with E-state index < -0.39 is 0 Å². The minimum Gasteiger partial charge on any atom is -0.383 e. The van der Waals surface area contributed by atoms with Crippen LogP contribution in [-0.2, 0) is 0 Å². The van der Waals surface area contributed by atoms with Gasteiger partial charge in [-0.05, 0) is 18.6 Å². The Balaban J connectivity index is 2.33. The SMILES string of the molecule is C#CCN1CCCNc2ccccc21. The van der Waals surface area contributed by atoms with Gasteiger partial charge in [0, 0.05) is 13.1 Å². The first-order valence-electron chi connectivity index (χ1n) is 4.93. The molecule has 2 heteroatoms. The summed E-state index contributed by atoms with van der Waals surface area (Å²) in [6.07, 6.45) is 6.49. The first-order valence-corrected chi connectivity index (χ1v) is 4.93. The van der Waals surface area contributed by atoms with Crippen molar-refractivity contribution in [3.05, 3.63) is 24.3 Å². The maximum atomic E-state index is 5.36. The summed E-state index contributed by atoms with van der Waals surface area (Å²) < 4.78 is 0. The Labute approximate surface area is 84.9 Å². The maximum absolute atomic E-state index is 5.36. The van der Waals surface area contributed by atoms with Gasteiger partial charge >= 0.3 is 0 Å². The number of nitrogens with zero attached hydrogens (tertiary/aromatic N) is 1. The van der Waals surface area contributed by atoms with Crippen LogP contribution in [0.15, 0.2) is 24.3 Å². The highest BCUT2D eigenvalue weighted by Crippen LogP contribution is 2.27. The Morgan fingerprint density at radius 3 is 3.14 bits per heavy atom. The van der Waals surface area contributed by atoms with Crippen LogP contribution >= 0.6 is 0 Å². The largest absolute Gasteiger partial charge is 0.383 e. The molecule has 0 fully saturated rings. The number of benzene rings is 1. The molecular formula is C12H14N2. The summed E-state index contributed by atoms with van der Waals surface area (Å²) in [6.45, 7) is 2.75. The summed E-state index contributed by atoms with van der Waals surface area (Å²) >= 11 is 0. The highest BCUT2D eigenvalue weighted by molar-refractivity contribution is 5.71. The van der Waals surface area contributed by atoms with Crippen LogP contribution in [-0.4, -0.2) is 19.6 Å². The standard InChI is InChI=1S/C12H14N2/c1-2-9-14-10-5-8-13-11-6-3-4-7-12(11)14/h1,3-4,6-7,13H,5,8-10H2. The molecule has 1 aliphatic rings. The van der Waals surface area contributed by atoms with E-state index in [2.05, 4.69) is 34.3 Å². The van der Waals surface area contributed by atoms with Crippen LogP contribution in [0, 0.1) is 12.3 Å². The fourth-order valence-electron chi connectivity index (χ4n) is 1.79. The van der Waals surface area contributed by atoms with Crippen molar-refractivity contribution < 1.29 is 0 Å². The molecule has 0 spiro atoms. The highest BCUT2D eigenvalue weighted by atomic mass is 15.2. The van der Waals surface area contributed by atoms with Crippen LogP contribution in [0.4, 0.5) is 11.4 Å². The molecule has 1 aromatic carbocycles. The third-order valence-corrected chi connectivity index (χ3v) is 2.45. The molecular weight excluding hydrogens is 172 g/mol. The van der Waals surface area contributed by atoms with Gasteiger partial charge in [0.2, 0.25) is 0 Å². The molecule has 0 amide bonds. The predicted octanol–water partition coefficient (Wildman–Crippen LogP) is 1.94. The molecule has 1 heterocycles. The van der Waals surface area contributed by atoms with E-state index >= 15 is 0 Å². The van der Waals surface area contributed by atoms with E-state index in [9.17, 15) is 0 Å². The minimum absolute atomic E-state index is 0.693. The van der Waals surface area contributed by atoms with Gasteiger partial charge in [-0.25, -0.2) is 0 Å².